The minimum absolute atomic E-state index is 0.0879. The molecule has 1 aliphatic rings. The van der Waals surface area contributed by atoms with Crippen LogP contribution in [0.4, 0.5) is 17.6 Å². The van der Waals surface area contributed by atoms with Crippen LogP contribution in [0.25, 0.3) is 0 Å². The molecule has 2 rings (SSSR count). The van der Waals surface area contributed by atoms with Gasteiger partial charge in [-0.2, -0.15) is 8.78 Å². The summed E-state index contributed by atoms with van der Waals surface area (Å²) in [7, 11) is 3.07. The average Bonchev–Trinajstić information content (AvgIpc) is 2.81. The number of morpholine rings is 1. The van der Waals surface area contributed by atoms with Crippen molar-refractivity contribution < 1.29 is 46.4 Å². The molecular weight excluding hydrogens is 464 g/mol. The Morgan fingerprint density at radius 1 is 1.29 bits per heavy atom. The van der Waals surface area contributed by atoms with Crippen LogP contribution in [0.2, 0.25) is 0 Å². The Morgan fingerprint density at radius 2 is 2.00 bits per heavy atom. The first-order valence-corrected chi connectivity index (χ1v) is 10.8. The van der Waals surface area contributed by atoms with E-state index in [0.717, 1.165) is 0 Å². The molecule has 8 nitrogen and oxygen atoms in total. The number of methoxy groups -OCH3 is 2. The van der Waals surface area contributed by atoms with Crippen LogP contribution in [0, 0.1) is 0 Å². The summed E-state index contributed by atoms with van der Waals surface area (Å²) >= 11 is 0. The molecule has 0 radical (unpaired) electrons. The van der Waals surface area contributed by atoms with Gasteiger partial charge in [-0.3, -0.25) is 9.69 Å². The van der Waals surface area contributed by atoms with Crippen LogP contribution in [0.3, 0.4) is 0 Å². The second-order valence-electron chi connectivity index (χ2n) is 7.96. The maximum Gasteiger partial charge on any atom is 0.330 e. The highest BCUT2D eigenvalue weighted by Crippen LogP contribution is 2.23. The molecule has 34 heavy (non-hydrogen) atoms. The van der Waals surface area contributed by atoms with Crippen molar-refractivity contribution in [2.24, 2.45) is 0 Å². The molecule has 0 aliphatic carbocycles. The topological polar surface area (TPSA) is 80.7 Å². The highest BCUT2D eigenvalue weighted by Gasteiger charge is 2.41. The SMILES string of the molecule is COCCN(C[C@@H]1CN(C[C@H](O)COCC(F)(F)C(F)F)CCO1)C(=O)c1ccc(OC)cc1. The molecule has 1 amide bonds. The van der Waals surface area contributed by atoms with Gasteiger partial charge >= 0.3 is 12.3 Å². The van der Waals surface area contributed by atoms with Gasteiger partial charge in [0.25, 0.3) is 5.91 Å². The average molecular weight is 496 g/mol. The van der Waals surface area contributed by atoms with Crippen LogP contribution in [0.5, 0.6) is 5.75 Å². The number of aliphatic hydroxyl groups is 1. The smallest absolute Gasteiger partial charge is 0.330 e. The predicted molar refractivity (Wildman–Crippen MR) is 115 cm³/mol. The second kappa shape index (κ2) is 13.8. The third-order valence-corrected chi connectivity index (χ3v) is 5.23. The number of halogens is 4. The summed E-state index contributed by atoms with van der Waals surface area (Å²) < 4.78 is 70.8. The number of aliphatic hydroxyl groups excluding tert-OH is 1. The highest BCUT2D eigenvalue weighted by atomic mass is 19.3. The van der Waals surface area contributed by atoms with Crippen LogP contribution in [-0.4, -0.2) is 119 Å². The summed E-state index contributed by atoms with van der Waals surface area (Å²) in [6.45, 7) is 0.275. The van der Waals surface area contributed by atoms with Crippen LogP contribution >= 0.6 is 0 Å². The number of nitrogens with zero attached hydrogens (tertiary/aromatic N) is 2. The van der Waals surface area contributed by atoms with Gasteiger partial charge in [-0.15, -0.1) is 0 Å². The van der Waals surface area contributed by atoms with Gasteiger partial charge < -0.3 is 29.0 Å². The van der Waals surface area contributed by atoms with E-state index in [2.05, 4.69) is 4.74 Å². The van der Waals surface area contributed by atoms with Gasteiger partial charge in [0, 0.05) is 45.4 Å². The molecule has 1 aromatic carbocycles. The van der Waals surface area contributed by atoms with Crippen LogP contribution in [0.15, 0.2) is 24.3 Å². The lowest BCUT2D eigenvalue weighted by molar-refractivity contribution is -0.171. The number of amides is 1. The molecule has 1 heterocycles. The maximum atomic E-state index is 13.0. The number of hydrogen-bond acceptors (Lipinski definition) is 7. The summed E-state index contributed by atoms with van der Waals surface area (Å²) in [5, 5.41) is 10.1. The highest BCUT2D eigenvalue weighted by molar-refractivity contribution is 5.94. The lowest BCUT2D eigenvalue weighted by atomic mass is 10.1. The van der Waals surface area contributed by atoms with Crippen molar-refractivity contribution in [1.29, 1.82) is 0 Å². The number of alkyl halides is 4. The number of ether oxygens (including phenoxy) is 4. The number of carbonyl (C=O) groups excluding carboxylic acids is 1. The van der Waals surface area contributed by atoms with E-state index in [4.69, 9.17) is 14.2 Å². The Morgan fingerprint density at radius 3 is 2.62 bits per heavy atom. The van der Waals surface area contributed by atoms with Gasteiger partial charge in [0.1, 0.15) is 12.4 Å². The van der Waals surface area contributed by atoms with Crippen molar-refractivity contribution in [1.82, 2.24) is 9.80 Å². The monoisotopic (exact) mass is 496 g/mol. The van der Waals surface area contributed by atoms with Crippen LogP contribution in [0.1, 0.15) is 10.4 Å². The number of carbonyl (C=O) groups is 1. The molecule has 1 fully saturated rings. The van der Waals surface area contributed by atoms with E-state index in [0.29, 0.717) is 44.2 Å². The largest absolute Gasteiger partial charge is 0.497 e. The molecule has 0 saturated carbocycles. The predicted octanol–water partition coefficient (Wildman–Crippen LogP) is 1.76. The zero-order valence-electron chi connectivity index (χ0n) is 19.3. The molecule has 1 N–H and O–H groups in total. The Kier molecular flexibility index (Phi) is 11.5. The normalized spacial score (nSPS) is 18.2. The number of hydrogen-bond donors (Lipinski definition) is 1. The molecule has 1 aromatic rings. The van der Waals surface area contributed by atoms with Crippen LogP contribution < -0.4 is 4.74 Å². The fourth-order valence-corrected chi connectivity index (χ4v) is 3.44. The second-order valence-corrected chi connectivity index (χ2v) is 7.96. The molecule has 0 aromatic heterocycles. The Hall–Kier alpha value is -1.99. The fraction of sp³-hybridized carbons (Fsp3) is 0.682. The molecule has 0 unspecified atom stereocenters. The van der Waals surface area contributed by atoms with E-state index in [9.17, 15) is 27.5 Å². The fourth-order valence-electron chi connectivity index (χ4n) is 3.44. The minimum Gasteiger partial charge on any atom is -0.497 e. The van der Waals surface area contributed by atoms with E-state index in [1.54, 1.807) is 29.2 Å². The van der Waals surface area contributed by atoms with E-state index in [-0.39, 0.29) is 25.1 Å². The Labute approximate surface area is 196 Å². The lowest BCUT2D eigenvalue weighted by Crippen LogP contribution is -2.51. The summed E-state index contributed by atoms with van der Waals surface area (Å²) in [6, 6.07) is 6.73. The van der Waals surface area contributed by atoms with E-state index in [1.165, 1.54) is 14.2 Å². The Bertz CT molecular complexity index is 741. The standard InChI is InChI=1S/C22H32F4N2O6/c1-31-9-8-28(20(30)16-3-5-18(32-2)6-4-16)13-19-12-27(7-10-34-19)11-17(29)14-33-15-22(25,26)21(23)24/h3-6,17,19,21,29H,7-15H2,1-2H3/t17-,19-/m0/s1. The first-order valence-electron chi connectivity index (χ1n) is 10.8. The molecule has 12 heteroatoms. The van der Waals surface area contributed by atoms with Crippen molar-refractivity contribution in [2.75, 3.05) is 73.4 Å². The molecule has 0 spiro atoms. The first-order chi connectivity index (χ1) is 16.2. The summed E-state index contributed by atoms with van der Waals surface area (Å²) in [6.07, 6.45) is -5.33. The van der Waals surface area contributed by atoms with Gasteiger partial charge in [0.2, 0.25) is 0 Å². The van der Waals surface area contributed by atoms with E-state index in [1.807, 2.05) is 4.90 Å². The van der Waals surface area contributed by atoms with Crippen molar-refractivity contribution >= 4 is 5.91 Å². The molecular formula is C22H32F4N2O6. The van der Waals surface area contributed by atoms with Gasteiger partial charge in [0.15, 0.2) is 0 Å². The zero-order chi connectivity index (χ0) is 25.1. The molecule has 1 aliphatic heterocycles. The summed E-state index contributed by atoms with van der Waals surface area (Å²) in [5.41, 5.74) is 0.484. The van der Waals surface area contributed by atoms with Crippen LogP contribution in [-0.2, 0) is 14.2 Å². The van der Waals surface area contributed by atoms with Gasteiger partial charge in [0.05, 0.1) is 39.1 Å². The number of benzene rings is 1. The minimum atomic E-state index is -4.26. The van der Waals surface area contributed by atoms with E-state index >= 15 is 0 Å². The first kappa shape index (κ1) is 28.2. The third kappa shape index (κ3) is 8.99. The summed E-state index contributed by atoms with van der Waals surface area (Å²) in [5.74, 6) is -3.83. The molecule has 0 bridgehead atoms. The molecule has 194 valence electrons. The lowest BCUT2D eigenvalue weighted by Gasteiger charge is -2.36. The number of β-amino-alcohol motifs (C(OH)–C–C–N with tert-alkyl or cyclic N) is 1. The van der Waals surface area contributed by atoms with Gasteiger partial charge in [-0.25, -0.2) is 8.78 Å². The summed E-state index contributed by atoms with van der Waals surface area (Å²) in [4.78, 5) is 16.5. The molecule has 2 atom stereocenters. The van der Waals surface area contributed by atoms with Gasteiger partial charge in [-0.05, 0) is 24.3 Å². The van der Waals surface area contributed by atoms with E-state index < -0.39 is 31.7 Å². The third-order valence-electron chi connectivity index (χ3n) is 5.23. The van der Waals surface area contributed by atoms with Gasteiger partial charge in [-0.1, -0.05) is 0 Å². The van der Waals surface area contributed by atoms with Crippen molar-refractivity contribution in [3.63, 3.8) is 0 Å². The Balaban J connectivity index is 1.88. The number of rotatable bonds is 14. The zero-order valence-corrected chi connectivity index (χ0v) is 19.3. The van der Waals surface area contributed by atoms with Crippen molar-refractivity contribution in [3.8, 4) is 5.75 Å². The van der Waals surface area contributed by atoms with Crippen molar-refractivity contribution in [2.45, 2.75) is 24.6 Å². The maximum absolute atomic E-state index is 13.0. The molecule has 1 saturated heterocycles. The van der Waals surface area contributed by atoms with Crippen molar-refractivity contribution in [3.05, 3.63) is 29.8 Å². The quantitative estimate of drug-likeness (QED) is 0.393.